The topological polar surface area (TPSA) is 101 Å². The third-order valence-corrected chi connectivity index (χ3v) is 4.23. The van der Waals surface area contributed by atoms with Crippen molar-refractivity contribution in [2.75, 3.05) is 19.6 Å². The Kier molecular flexibility index (Phi) is 7.99. The Morgan fingerprint density at radius 3 is 2.55 bits per heavy atom. The number of hydrogen-bond acceptors (Lipinski definition) is 5. The highest BCUT2D eigenvalue weighted by atomic mass is 35.5. The fourth-order valence-electron chi connectivity index (χ4n) is 1.43. The number of rotatable bonds is 7. The summed E-state index contributed by atoms with van der Waals surface area (Å²) in [7, 11) is -4.01. The molecule has 114 valence electrons. The molecule has 0 spiro atoms. The van der Waals surface area contributed by atoms with E-state index in [4.69, 9.17) is 11.6 Å². The minimum Gasteiger partial charge on any atom is -0.316 e. The van der Waals surface area contributed by atoms with Crippen LogP contribution in [-0.2, 0) is 10.0 Å². The van der Waals surface area contributed by atoms with Crippen LogP contribution in [0.15, 0.2) is 23.1 Å². The molecule has 0 fully saturated rings. The molecule has 0 aliphatic heterocycles. The zero-order chi connectivity index (χ0) is 14.5. The van der Waals surface area contributed by atoms with Crippen molar-refractivity contribution in [3.05, 3.63) is 33.3 Å². The van der Waals surface area contributed by atoms with Crippen molar-refractivity contribution in [1.29, 1.82) is 0 Å². The Labute approximate surface area is 128 Å². The molecule has 0 atom stereocenters. The van der Waals surface area contributed by atoms with E-state index in [2.05, 4.69) is 10.0 Å². The van der Waals surface area contributed by atoms with Gasteiger partial charge in [0.25, 0.3) is 5.69 Å². The lowest BCUT2D eigenvalue weighted by Crippen LogP contribution is -2.32. The summed E-state index contributed by atoms with van der Waals surface area (Å²) < 4.78 is 26.3. The van der Waals surface area contributed by atoms with Gasteiger partial charge in [0, 0.05) is 19.2 Å². The van der Waals surface area contributed by atoms with Gasteiger partial charge in [-0.2, -0.15) is 0 Å². The molecule has 0 aliphatic carbocycles. The highest BCUT2D eigenvalue weighted by Crippen LogP contribution is 2.30. The fourth-order valence-corrected chi connectivity index (χ4v) is 3.16. The molecule has 0 aliphatic rings. The summed E-state index contributed by atoms with van der Waals surface area (Å²) in [6.07, 6.45) is 0. The summed E-state index contributed by atoms with van der Waals surface area (Å²) in [5.74, 6) is 0. The SMILES string of the molecule is CCNCCNS(=O)(=O)c1c(Cl)cccc1[N+](=O)[O-].Cl. The van der Waals surface area contributed by atoms with E-state index in [1.54, 1.807) is 0 Å². The first-order chi connectivity index (χ1) is 8.90. The lowest BCUT2D eigenvalue weighted by Gasteiger charge is -2.08. The Morgan fingerprint density at radius 2 is 2.00 bits per heavy atom. The van der Waals surface area contributed by atoms with Crippen LogP contribution >= 0.6 is 24.0 Å². The molecule has 20 heavy (non-hydrogen) atoms. The molecule has 0 saturated carbocycles. The third kappa shape index (κ3) is 4.88. The van der Waals surface area contributed by atoms with Gasteiger partial charge in [0.2, 0.25) is 10.0 Å². The minimum absolute atomic E-state index is 0. The molecule has 7 nitrogen and oxygen atoms in total. The highest BCUT2D eigenvalue weighted by molar-refractivity contribution is 7.89. The first kappa shape index (κ1) is 19.1. The van der Waals surface area contributed by atoms with Crippen LogP contribution in [0, 0.1) is 10.1 Å². The van der Waals surface area contributed by atoms with Gasteiger partial charge in [-0.05, 0) is 12.6 Å². The van der Waals surface area contributed by atoms with E-state index < -0.39 is 25.5 Å². The second kappa shape index (κ2) is 8.38. The number of nitrogens with one attached hydrogen (secondary N) is 2. The zero-order valence-electron chi connectivity index (χ0n) is 10.6. The first-order valence-corrected chi connectivity index (χ1v) is 7.39. The van der Waals surface area contributed by atoms with E-state index in [9.17, 15) is 18.5 Å². The van der Waals surface area contributed by atoms with Crippen LogP contribution in [-0.4, -0.2) is 33.0 Å². The summed E-state index contributed by atoms with van der Waals surface area (Å²) in [4.78, 5) is 9.56. The van der Waals surface area contributed by atoms with Crippen LogP contribution < -0.4 is 10.0 Å². The Hall–Kier alpha value is -0.930. The zero-order valence-corrected chi connectivity index (χ0v) is 13.0. The van der Waals surface area contributed by atoms with E-state index in [1.165, 1.54) is 12.1 Å². The van der Waals surface area contributed by atoms with Crippen LogP contribution in [0.3, 0.4) is 0 Å². The molecule has 0 aromatic heterocycles. The Morgan fingerprint density at radius 1 is 1.35 bits per heavy atom. The van der Waals surface area contributed by atoms with Gasteiger partial charge in [-0.15, -0.1) is 12.4 Å². The van der Waals surface area contributed by atoms with E-state index in [0.29, 0.717) is 13.1 Å². The van der Waals surface area contributed by atoms with Crippen LogP contribution in [0.2, 0.25) is 5.02 Å². The van der Waals surface area contributed by atoms with Gasteiger partial charge in [0.15, 0.2) is 4.90 Å². The number of halogens is 2. The van der Waals surface area contributed by atoms with Crippen molar-refractivity contribution >= 4 is 39.7 Å². The summed E-state index contributed by atoms with van der Waals surface area (Å²) in [5, 5.41) is 13.6. The minimum atomic E-state index is -4.01. The third-order valence-electron chi connectivity index (χ3n) is 2.26. The molecule has 0 amide bonds. The first-order valence-electron chi connectivity index (χ1n) is 5.53. The van der Waals surface area contributed by atoms with E-state index >= 15 is 0 Å². The predicted octanol–water partition coefficient (Wildman–Crippen LogP) is 1.56. The molecule has 1 aromatic rings. The summed E-state index contributed by atoms with van der Waals surface area (Å²) >= 11 is 5.76. The quantitative estimate of drug-likeness (QED) is 0.444. The van der Waals surface area contributed by atoms with Gasteiger partial charge in [0.1, 0.15) is 0 Å². The van der Waals surface area contributed by atoms with Crippen molar-refractivity contribution in [2.24, 2.45) is 0 Å². The van der Waals surface area contributed by atoms with E-state index in [0.717, 1.165) is 6.07 Å². The molecule has 2 N–H and O–H groups in total. The molecular weight excluding hydrogens is 329 g/mol. The lowest BCUT2D eigenvalue weighted by molar-refractivity contribution is -0.387. The van der Waals surface area contributed by atoms with E-state index in [-0.39, 0.29) is 24.0 Å². The molecule has 0 radical (unpaired) electrons. The van der Waals surface area contributed by atoms with Gasteiger partial charge in [-0.1, -0.05) is 24.6 Å². The number of likely N-dealkylation sites (N-methyl/N-ethyl adjacent to an activating group) is 1. The van der Waals surface area contributed by atoms with Crippen LogP contribution in [0.4, 0.5) is 5.69 Å². The molecule has 1 rings (SSSR count). The maximum atomic E-state index is 12.0. The standard InChI is InChI=1S/C10H14ClN3O4S.ClH/c1-2-12-6-7-13-19(17,18)10-8(11)4-3-5-9(10)14(15)16;/h3-5,12-13H,2,6-7H2,1H3;1H. The second-order valence-electron chi connectivity index (χ2n) is 3.60. The average Bonchev–Trinajstić information content (AvgIpc) is 2.34. The highest BCUT2D eigenvalue weighted by Gasteiger charge is 2.28. The van der Waals surface area contributed by atoms with Crippen molar-refractivity contribution in [2.45, 2.75) is 11.8 Å². The Bertz CT molecular complexity index is 566. The van der Waals surface area contributed by atoms with Crippen molar-refractivity contribution in [1.82, 2.24) is 10.0 Å². The number of benzene rings is 1. The van der Waals surface area contributed by atoms with Gasteiger partial charge < -0.3 is 5.32 Å². The average molecular weight is 344 g/mol. The molecule has 10 heteroatoms. The second-order valence-corrected chi connectivity index (χ2v) is 5.71. The number of hydrogen-bond donors (Lipinski definition) is 2. The maximum absolute atomic E-state index is 12.0. The number of nitrogens with zero attached hydrogens (tertiary/aromatic N) is 1. The summed E-state index contributed by atoms with van der Waals surface area (Å²) in [6, 6.07) is 3.73. The number of sulfonamides is 1. The summed E-state index contributed by atoms with van der Waals surface area (Å²) in [5.41, 5.74) is -0.538. The van der Waals surface area contributed by atoms with Gasteiger partial charge in [-0.3, -0.25) is 10.1 Å². The number of nitro benzene ring substituents is 1. The van der Waals surface area contributed by atoms with Crippen molar-refractivity contribution in [3.63, 3.8) is 0 Å². The molecule has 0 heterocycles. The molecule has 1 aromatic carbocycles. The molecule has 0 unspecified atom stereocenters. The predicted molar refractivity (Wildman–Crippen MR) is 79.1 cm³/mol. The van der Waals surface area contributed by atoms with Crippen molar-refractivity contribution in [3.8, 4) is 0 Å². The Balaban J connectivity index is 0.00000361. The van der Waals surface area contributed by atoms with Crippen LogP contribution in [0.25, 0.3) is 0 Å². The summed E-state index contributed by atoms with van der Waals surface area (Å²) in [6.45, 7) is 3.13. The molecular formula is C10H15Cl2N3O4S. The van der Waals surface area contributed by atoms with Crippen LogP contribution in [0.1, 0.15) is 6.92 Å². The monoisotopic (exact) mass is 343 g/mol. The number of nitro groups is 1. The van der Waals surface area contributed by atoms with E-state index in [1.807, 2.05) is 6.92 Å². The van der Waals surface area contributed by atoms with Crippen molar-refractivity contribution < 1.29 is 13.3 Å². The molecule has 0 saturated heterocycles. The van der Waals surface area contributed by atoms with Crippen LogP contribution in [0.5, 0.6) is 0 Å². The van der Waals surface area contributed by atoms with Gasteiger partial charge in [0.05, 0.1) is 9.95 Å². The normalized spacial score (nSPS) is 10.9. The maximum Gasteiger partial charge on any atom is 0.290 e. The fraction of sp³-hybridized carbons (Fsp3) is 0.400. The largest absolute Gasteiger partial charge is 0.316 e. The molecule has 0 bridgehead atoms. The lowest BCUT2D eigenvalue weighted by atomic mass is 10.3. The smallest absolute Gasteiger partial charge is 0.290 e. The van der Waals surface area contributed by atoms with Gasteiger partial charge >= 0.3 is 0 Å². The van der Waals surface area contributed by atoms with Gasteiger partial charge in [-0.25, -0.2) is 13.1 Å².